The largest absolute Gasteiger partial charge is 0.502 e. The Balaban J connectivity index is 2.56. The fourth-order valence-corrected chi connectivity index (χ4v) is 1.65. The normalized spacial score (nSPS) is 12.4. The molecular formula is C13H11FO4. The van der Waals surface area contributed by atoms with E-state index in [1.54, 1.807) is 0 Å². The van der Waals surface area contributed by atoms with Crippen LogP contribution < -0.4 is 5.43 Å². The first kappa shape index (κ1) is 12.3. The van der Waals surface area contributed by atoms with Crippen LogP contribution in [0.4, 0.5) is 4.39 Å². The van der Waals surface area contributed by atoms with Crippen LogP contribution >= 0.6 is 0 Å². The predicted molar refractivity (Wildman–Crippen MR) is 61.8 cm³/mol. The quantitative estimate of drug-likeness (QED) is 0.853. The van der Waals surface area contributed by atoms with Crippen LogP contribution in [0.25, 0.3) is 0 Å². The molecule has 0 saturated carbocycles. The lowest BCUT2D eigenvalue weighted by molar-refractivity contribution is 0.172. The molecule has 2 N–H and O–H groups in total. The Morgan fingerprint density at radius 1 is 1.33 bits per heavy atom. The number of aryl methyl sites for hydroxylation is 1. The molecule has 1 heterocycles. The van der Waals surface area contributed by atoms with Crippen LogP contribution in [0.3, 0.4) is 0 Å². The van der Waals surface area contributed by atoms with Crippen LogP contribution in [-0.4, -0.2) is 10.2 Å². The molecule has 18 heavy (non-hydrogen) atoms. The van der Waals surface area contributed by atoms with Crippen LogP contribution in [0.15, 0.2) is 39.5 Å². The van der Waals surface area contributed by atoms with Crippen molar-refractivity contribution in [2.75, 3.05) is 0 Å². The number of hydrogen-bond acceptors (Lipinski definition) is 4. The molecule has 0 radical (unpaired) electrons. The predicted octanol–water partition coefficient (Wildman–Crippen LogP) is 1.87. The van der Waals surface area contributed by atoms with E-state index in [0.29, 0.717) is 0 Å². The molecule has 0 spiro atoms. The summed E-state index contributed by atoms with van der Waals surface area (Å²) in [5.74, 6) is -1.49. The van der Waals surface area contributed by atoms with Gasteiger partial charge in [0.2, 0.25) is 11.2 Å². The number of aliphatic hydroxyl groups excluding tert-OH is 1. The van der Waals surface area contributed by atoms with Gasteiger partial charge in [-0.1, -0.05) is 18.2 Å². The Hall–Kier alpha value is -2.14. The highest BCUT2D eigenvalue weighted by Gasteiger charge is 2.22. The van der Waals surface area contributed by atoms with Crippen molar-refractivity contribution in [3.8, 4) is 5.75 Å². The number of hydrogen-bond donors (Lipinski definition) is 2. The first-order chi connectivity index (χ1) is 8.50. The summed E-state index contributed by atoms with van der Waals surface area (Å²) in [4.78, 5) is 11.4. The van der Waals surface area contributed by atoms with Crippen molar-refractivity contribution >= 4 is 0 Å². The molecule has 0 aliphatic carbocycles. The second-order valence-electron chi connectivity index (χ2n) is 3.86. The second kappa shape index (κ2) is 4.62. The molecule has 1 atom stereocenters. The Labute approximate surface area is 102 Å². The maximum Gasteiger partial charge on any atom is 0.227 e. The van der Waals surface area contributed by atoms with Gasteiger partial charge in [-0.15, -0.1) is 0 Å². The summed E-state index contributed by atoms with van der Waals surface area (Å²) in [6.45, 7) is 1.50. The molecule has 0 fully saturated rings. The van der Waals surface area contributed by atoms with Crippen LogP contribution in [0.1, 0.15) is 23.2 Å². The zero-order valence-corrected chi connectivity index (χ0v) is 9.55. The van der Waals surface area contributed by atoms with Gasteiger partial charge in [-0.3, -0.25) is 4.79 Å². The highest BCUT2D eigenvalue weighted by atomic mass is 19.1. The van der Waals surface area contributed by atoms with Gasteiger partial charge in [0.25, 0.3) is 0 Å². The molecule has 0 amide bonds. The number of benzene rings is 1. The topological polar surface area (TPSA) is 70.7 Å². The lowest BCUT2D eigenvalue weighted by Crippen LogP contribution is -2.09. The van der Waals surface area contributed by atoms with Gasteiger partial charge in [-0.2, -0.15) is 0 Å². The van der Waals surface area contributed by atoms with Gasteiger partial charge in [-0.05, 0) is 13.0 Å². The summed E-state index contributed by atoms with van der Waals surface area (Å²) in [7, 11) is 0. The molecule has 5 heteroatoms. The van der Waals surface area contributed by atoms with Gasteiger partial charge < -0.3 is 14.6 Å². The molecular weight excluding hydrogens is 239 g/mol. The van der Waals surface area contributed by atoms with E-state index in [9.17, 15) is 19.4 Å². The second-order valence-corrected chi connectivity index (χ2v) is 3.86. The van der Waals surface area contributed by atoms with Crippen LogP contribution in [0.5, 0.6) is 5.75 Å². The number of aromatic hydroxyl groups is 1. The molecule has 0 saturated heterocycles. The summed E-state index contributed by atoms with van der Waals surface area (Å²) >= 11 is 0. The third kappa shape index (κ3) is 2.12. The maximum absolute atomic E-state index is 13.5. The lowest BCUT2D eigenvalue weighted by Gasteiger charge is -2.12. The third-order valence-electron chi connectivity index (χ3n) is 2.52. The maximum atomic E-state index is 13.5. The van der Waals surface area contributed by atoms with Crippen molar-refractivity contribution in [3.63, 3.8) is 0 Å². The van der Waals surface area contributed by atoms with Gasteiger partial charge >= 0.3 is 0 Å². The zero-order valence-electron chi connectivity index (χ0n) is 9.55. The van der Waals surface area contributed by atoms with E-state index < -0.39 is 23.1 Å². The first-order valence-electron chi connectivity index (χ1n) is 5.27. The van der Waals surface area contributed by atoms with Gasteiger partial charge in [0.1, 0.15) is 17.7 Å². The average molecular weight is 250 g/mol. The molecule has 1 unspecified atom stereocenters. The molecule has 4 nitrogen and oxygen atoms in total. The van der Waals surface area contributed by atoms with E-state index in [2.05, 4.69) is 0 Å². The molecule has 1 aromatic heterocycles. The summed E-state index contributed by atoms with van der Waals surface area (Å²) < 4.78 is 18.6. The van der Waals surface area contributed by atoms with Crippen molar-refractivity contribution in [1.82, 2.24) is 0 Å². The summed E-state index contributed by atoms with van der Waals surface area (Å²) in [5, 5.41) is 19.5. The van der Waals surface area contributed by atoms with E-state index in [4.69, 9.17) is 4.42 Å². The third-order valence-corrected chi connectivity index (χ3v) is 2.52. The molecule has 1 aromatic carbocycles. The van der Waals surface area contributed by atoms with E-state index in [1.807, 2.05) is 0 Å². The summed E-state index contributed by atoms with van der Waals surface area (Å²) in [6.07, 6.45) is -1.53. The Morgan fingerprint density at radius 2 is 2.00 bits per heavy atom. The Kier molecular flexibility index (Phi) is 3.16. The highest BCUT2D eigenvalue weighted by molar-refractivity contribution is 5.33. The van der Waals surface area contributed by atoms with E-state index in [0.717, 1.165) is 6.07 Å². The SMILES string of the molecule is Cc1cc(=O)c(O)c(C(O)c2ccccc2F)o1. The van der Waals surface area contributed by atoms with Crippen LogP contribution in [0.2, 0.25) is 0 Å². The fourth-order valence-electron chi connectivity index (χ4n) is 1.65. The first-order valence-corrected chi connectivity index (χ1v) is 5.27. The minimum atomic E-state index is -1.53. The number of halogens is 1. The van der Waals surface area contributed by atoms with E-state index >= 15 is 0 Å². The number of rotatable bonds is 2. The molecule has 0 aliphatic heterocycles. The van der Waals surface area contributed by atoms with Crippen LogP contribution in [-0.2, 0) is 0 Å². The standard InChI is InChI=1S/C13H11FO4/c1-7-6-10(15)12(17)13(18-7)11(16)8-4-2-3-5-9(8)14/h2-6,11,16-17H,1H3. The van der Waals surface area contributed by atoms with Crippen molar-refractivity contribution in [2.45, 2.75) is 13.0 Å². The number of aliphatic hydroxyl groups is 1. The summed E-state index contributed by atoms with van der Waals surface area (Å²) in [5.41, 5.74) is -0.745. The fraction of sp³-hybridized carbons (Fsp3) is 0.154. The van der Waals surface area contributed by atoms with Gasteiger partial charge in [0.05, 0.1) is 0 Å². The van der Waals surface area contributed by atoms with Crippen molar-refractivity contribution in [1.29, 1.82) is 0 Å². The summed E-state index contributed by atoms with van der Waals surface area (Å²) in [6, 6.07) is 6.61. The lowest BCUT2D eigenvalue weighted by atomic mass is 10.1. The monoisotopic (exact) mass is 250 g/mol. The van der Waals surface area contributed by atoms with Crippen molar-refractivity contribution < 1.29 is 19.0 Å². The highest BCUT2D eigenvalue weighted by Crippen LogP contribution is 2.28. The van der Waals surface area contributed by atoms with E-state index in [-0.39, 0.29) is 17.1 Å². The Bertz CT molecular complexity index is 633. The molecule has 2 rings (SSSR count). The Morgan fingerprint density at radius 3 is 2.67 bits per heavy atom. The molecule has 0 bridgehead atoms. The van der Waals surface area contributed by atoms with Crippen molar-refractivity contribution in [3.05, 3.63) is 63.5 Å². The van der Waals surface area contributed by atoms with E-state index in [1.165, 1.54) is 31.2 Å². The minimum absolute atomic E-state index is 0.0680. The molecule has 0 aliphatic rings. The van der Waals surface area contributed by atoms with Gasteiger partial charge in [-0.25, -0.2) is 4.39 Å². The van der Waals surface area contributed by atoms with Crippen LogP contribution in [0, 0.1) is 12.7 Å². The van der Waals surface area contributed by atoms with Gasteiger partial charge in [0.15, 0.2) is 5.76 Å². The molecule has 94 valence electrons. The average Bonchev–Trinajstić information content (AvgIpc) is 2.33. The zero-order chi connectivity index (χ0) is 13.3. The van der Waals surface area contributed by atoms with Crippen molar-refractivity contribution in [2.24, 2.45) is 0 Å². The smallest absolute Gasteiger partial charge is 0.227 e. The van der Waals surface area contributed by atoms with Gasteiger partial charge in [0, 0.05) is 11.6 Å². The minimum Gasteiger partial charge on any atom is -0.502 e. The molecule has 2 aromatic rings.